The number of carbonyl (C=O) groups is 1. The van der Waals surface area contributed by atoms with E-state index in [1.165, 1.54) is 19.1 Å². The van der Waals surface area contributed by atoms with Crippen LogP contribution in [0.1, 0.15) is 34.6 Å². The number of rotatable bonds is 4. The van der Waals surface area contributed by atoms with Crippen molar-refractivity contribution >= 4 is 21.6 Å². The molecule has 0 radical (unpaired) electrons. The fourth-order valence-electron chi connectivity index (χ4n) is 1.40. The minimum atomic E-state index is -3.55. The molecular formula is C14H22N2O3S. The quantitative estimate of drug-likeness (QED) is 0.896. The molecule has 20 heavy (non-hydrogen) atoms. The minimum Gasteiger partial charge on any atom is -0.326 e. The third-order valence-corrected chi connectivity index (χ3v) is 4.67. The average molecular weight is 298 g/mol. The summed E-state index contributed by atoms with van der Waals surface area (Å²) in [6.07, 6.45) is 0. The molecule has 6 heteroatoms. The second kappa shape index (κ2) is 5.93. The molecular weight excluding hydrogens is 276 g/mol. The second-order valence-electron chi connectivity index (χ2n) is 5.91. The number of hydrogen-bond donors (Lipinski definition) is 2. The van der Waals surface area contributed by atoms with Crippen LogP contribution in [0.2, 0.25) is 0 Å². The van der Waals surface area contributed by atoms with Gasteiger partial charge in [-0.2, -0.15) is 0 Å². The highest BCUT2D eigenvalue weighted by molar-refractivity contribution is 7.89. The van der Waals surface area contributed by atoms with Crippen molar-refractivity contribution in [1.29, 1.82) is 0 Å². The number of amides is 1. The molecule has 5 nitrogen and oxygen atoms in total. The van der Waals surface area contributed by atoms with E-state index in [4.69, 9.17) is 0 Å². The van der Waals surface area contributed by atoms with Crippen LogP contribution in [0.3, 0.4) is 0 Å². The highest BCUT2D eigenvalue weighted by atomic mass is 32.2. The van der Waals surface area contributed by atoms with Gasteiger partial charge in [0.25, 0.3) is 0 Å². The van der Waals surface area contributed by atoms with E-state index in [0.717, 1.165) is 0 Å². The van der Waals surface area contributed by atoms with E-state index >= 15 is 0 Å². The SMILES string of the molecule is CC(=O)Nc1ccc(S(=O)(=O)NC(C)C(C)(C)C)cc1. The Morgan fingerprint density at radius 2 is 1.65 bits per heavy atom. The lowest BCUT2D eigenvalue weighted by molar-refractivity contribution is -0.114. The molecule has 0 saturated heterocycles. The number of nitrogens with one attached hydrogen (secondary N) is 2. The molecule has 0 aliphatic heterocycles. The van der Waals surface area contributed by atoms with Crippen molar-refractivity contribution in [2.45, 2.75) is 45.6 Å². The molecule has 0 saturated carbocycles. The van der Waals surface area contributed by atoms with Crippen LogP contribution in [0.25, 0.3) is 0 Å². The lowest BCUT2D eigenvalue weighted by atomic mass is 9.89. The highest BCUT2D eigenvalue weighted by Crippen LogP contribution is 2.21. The summed E-state index contributed by atoms with van der Waals surface area (Å²) in [7, 11) is -3.55. The molecule has 1 unspecified atom stereocenters. The Balaban J connectivity index is 2.91. The molecule has 0 bridgehead atoms. The molecule has 0 aliphatic rings. The Labute approximate surface area is 120 Å². The fourth-order valence-corrected chi connectivity index (χ4v) is 2.85. The minimum absolute atomic E-state index is 0.163. The van der Waals surface area contributed by atoms with Gasteiger partial charge >= 0.3 is 0 Å². The molecule has 0 aromatic heterocycles. The number of benzene rings is 1. The first-order valence-electron chi connectivity index (χ1n) is 6.42. The van der Waals surface area contributed by atoms with Gasteiger partial charge in [-0.1, -0.05) is 20.8 Å². The third kappa shape index (κ3) is 4.61. The van der Waals surface area contributed by atoms with Gasteiger partial charge in [0.1, 0.15) is 0 Å². The first-order chi connectivity index (χ1) is 9.02. The van der Waals surface area contributed by atoms with Crippen molar-refractivity contribution in [3.63, 3.8) is 0 Å². The molecule has 1 amide bonds. The third-order valence-electron chi connectivity index (χ3n) is 3.12. The Bertz CT molecular complexity index is 571. The summed E-state index contributed by atoms with van der Waals surface area (Å²) in [6.45, 7) is 9.15. The first kappa shape index (κ1) is 16.7. The lowest BCUT2D eigenvalue weighted by Gasteiger charge is -2.27. The highest BCUT2D eigenvalue weighted by Gasteiger charge is 2.25. The Morgan fingerprint density at radius 3 is 2.05 bits per heavy atom. The van der Waals surface area contributed by atoms with Crippen LogP contribution in [-0.4, -0.2) is 20.4 Å². The molecule has 1 aromatic carbocycles. The van der Waals surface area contributed by atoms with Gasteiger partial charge in [-0.05, 0) is 36.6 Å². The van der Waals surface area contributed by atoms with Gasteiger partial charge in [0.2, 0.25) is 15.9 Å². The number of anilines is 1. The van der Waals surface area contributed by atoms with Gasteiger partial charge in [-0.25, -0.2) is 13.1 Å². The molecule has 0 aliphatic carbocycles. The number of sulfonamides is 1. The van der Waals surface area contributed by atoms with Crippen LogP contribution in [-0.2, 0) is 14.8 Å². The zero-order chi connectivity index (χ0) is 15.6. The maximum atomic E-state index is 12.2. The molecule has 1 rings (SSSR count). The molecule has 0 fully saturated rings. The molecule has 0 spiro atoms. The molecule has 2 N–H and O–H groups in total. The largest absolute Gasteiger partial charge is 0.326 e. The topological polar surface area (TPSA) is 75.3 Å². The van der Waals surface area contributed by atoms with Crippen molar-refractivity contribution in [2.75, 3.05) is 5.32 Å². The summed E-state index contributed by atoms with van der Waals surface area (Å²) >= 11 is 0. The van der Waals surface area contributed by atoms with Crippen molar-refractivity contribution in [2.24, 2.45) is 5.41 Å². The van der Waals surface area contributed by atoms with E-state index in [1.807, 2.05) is 27.7 Å². The summed E-state index contributed by atoms with van der Waals surface area (Å²) in [5.41, 5.74) is 0.406. The predicted molar refractivity (Wildman–Crippen MR) is 80.0 cm³/mol. The summed E-state index contributed by atoms with van der Waals surface area (Å²) in [4.78, 5) is 11.1. The van der Waals surface area contributed by atoms with Crippen LogP contribution >= 0.6 is 0 Å². The van der Waals surface area contributed by atoms with Crippen molar-refractivity contribution < 1.29 is 13.2 Å². The van der Waals surface area contributed by atoms with Crippen LogP contribution in [0.15, 0.2) is 29.2 Å². The van der Waals surface area contributed by atoms with Gasteiger partial charge in [-0.3, -0.25) is 4.79 Å². The maximum Gasteiger partial charge on any atom is 0.240 e. The maximum absolute atomic E-state index is 12.2. The van der Waals surface area contributed by atoms with E-state index < -0.39 is 10.0 Å². The monoisotopic (exact) mass is 298 g/mol. The van der Waals surface area contributed by atoms with Crippen molar-refractivity contribution in [3.8, 4) is 0 Å². The number of hydrogen-bond acceptors (Lipinski definition) is 3. The van der Waals surface area contributed by atoms with Crippen LogP contribution in [0, 0.1) is 5.41 Å². The van der Waals surface area contributed by atoms with Crippen molar-refractivity contribution in [3.05, 3.63) is 24.3 Å². The zero-order valence-corrected chi connectivity index (χ0v) is 13.3. The first-order valence-corrected chi connectivity index (χ1v) is 7.90. The lowest BCUT2D eigenvalue weighted by Crippen LogP contribution is -2.41. The van der Waals surface area contributed by atoms with Gasteiger partial charge in [0, 0.05) is 18.7 Å². The summed E-state index contributed by atoms with van der Waals surface area (Å²) < 4.78 is 27.1. The molecule has 0 heterocycles. The van der Waals surface area contributed by atoms with Gasteiger partial charge in [-0.15, -0.1) is 0 Å². The van der Waals surface area contributed by atoms with E-state index in [0.29, 0.717) is 5.69 Å². The zero-order valence-electron chi connectivity index (χ0n) is 12.5. The smallest absolute Gasteiger partial charge is 0.240 e. The summed E-state index contributed by atoms with van der Waals surface area (Å²) in [5.74, 6) is -0.194. The van der Waals surface area contributed by atoms with E-state index in [-0.39, 0.29) is 22.3 Å². The van der Waals surface area contributed by atoms with Crippen LogP contribution < -0.4 is 10.0 Å². The standard InChI is InChI=1S/C14H22N2O3S/c1-10(14(3,4)5)16-20(18,19)13-8-6-12(7-9-13)15-11(2)17/h6-10,16H,1-5H3,(H,15,17). The summed E-state index contributed by atoms with van der Waals surface area (Å²) in [6, 6.07) is 5.89. The molecule has 112 valence electrons. The van der Waals surface area contributed by atoms with Gasteiger partial charge in [0.05, 0.1) is 4.90 Å². The second-order valence-corrected chi connectivity index (χ2v) is 7.63. The van der Waals surface area contributed by atoms with Crippen molar-refractivity contribution in [1.82, 2.24) is 4.72 Å². The Hall–Kier alpha value is -1.40. The molecule has 1 atom stereocenters. The van der Waals surface area contributed by atoms with Gasteiger partial charge < -0.3 is 5.32 Å². The average Bonchev–Trinajstić information content (AvgIpc) is 2.26. The normalized spacial score (nSPS) is 13.8. The Morgan fingerprint density at radius 1 is 1.15 bits per heavy atom. The van der Waals surface area contributed by atoms with Crippen LogP contribution in [0.4, 0.5) is 5.69 Å². The predicted octanol–water partition coefficient (Wildman–Crippen LogP) is 2.36. The van der Waals surface area contributed by atoms with Gasteiger partial charge in [0.15, 0.2) is 0 Å². The Kier molecular flexibility index (Phi) is 4.94. The van der Waals surface area contributed by atoms with E-state index in [2.05, 4.69) is 10.0 Å². The van der Waals surface area contributed by atoms with E-state index in [9.17, 15) is 13.2 Å². The van der Waals surface area contributed by atoms with Crippen LogP contribution in [0.5, 0.6) is 0 Å². The number of carbonyl (C=O) groups excluding carboxylic acids is 1. The molecule has 1 aromatic rings. The fraction of sp³-hybridized carbons (Fsp3) is 0.500. The van der Waals surface area contributed by atoms with E-state index in [1.54, 1.807) is 12.1 Å². The summed E-state index contributed by atoms with van der Waals surface area (Å²) in [5, 5.41) is 2.59.